The lowest BCUT2D eigenvalue weighted by Crippen LogP contribution is -2.33. The van der Waals surface area contributed by atoms with Gasteiger partial charge in [0, 0.05) is 17.7 Å². The number of ether oxygens (including phenoxy) is 2. The van der Waals surface area contributed by atoms with Crippen molar-refractivity contribution in [1.29, 1.82) is 0 Å². The summed E-state index contributed by atoms with van der Waals surface area (Å²) in [5.41, 5.74) is 3.27. The van der Waals surface area contributed by atoms with Crippen LogP contribution in [0.3, 0.4) is 0 Å². The van der Waals surface area contributed by atoms with Crippen LogP contribution in [0.25, 0.3) is 22.4 Å². The van der Waals surface area contributed by atoms with Crippen LogP contribution in [-0.2, 0) is 14.3 Å². The highest BCUT2D eigenvalue weighted by atomic mass is 16.5. The third-order valence-corrected chi connectivity index (χ3v) is 6.42. The second-order valence-electron chi connectivity index (χ2n) is 8.43. The zero-order valence-corrected chi connectivity index (χ0v) is 19.5. The first-order valence-electron chi connectivity index (χ1n) is 11.6. The molecule has 1 aromatic heterocycles. The van der Waals surface area contributed by atoms with Crippen LogP contribution >= 0.6 is 0 Å². The van der Waals surface area contributed by atoms with Crippen LogP contribution in [0.4, 0.5) is 5.82 Å². The molecule has 176 valence electrons. The van der Waals surface area contributed by atoms with Crippen LogP contribution in [0.5, 0.6) is 0 Å². The van der Waals surface area contributed by atoms with Gasteiger partial charge in [-0.2, -0.15) is 0 Å². The van der Waals surface area contributed by atoms with Gasteiger partial charge in [0.15, 0.2) is 5.82 Å². The van der Waals surface area contributed by atoms with Gasteiger partial charge in [-0.15, -0.1) is 10.2 Å². The highest BCUT2D eigenvalue weighted by Gasteiger charge is 2.32. The van der Waals surface area contributed by atoms with Crippen LogP contribution in [0.15, 0.2) is 60.7 Å². The lowest BCUT2D eigenvalue weighted by Gasteiger charge is -2.30. The molecule has 4 rings (SSSR count). The molecular weight excluding hydrogens is 430 g/mol. The molecule has 7 heteroatoms. The quantitative estimate of drug-likeness (QED) is 0.498. The van der Waals surface area contributed by atoms with E-state index in [-0.39, 0.29) is 17.8 Å². The number of rotatable bonds is 7. The van der Waals surface area contributed by atoms with Crippen molar-refractivity contribution in [1.82, 2.24) is 10.2 Å². The Bertz CT molecular complexity index is 1140. The standard InChI is InChI=1S/C27H29N3O4/c1-33-26(31)21-16-10-9-15-20(21)17-28-25-23(27(32)34-2)22(18-11-5-3-6-12-18)24(29-30-25)19-13-7-4-8-14-19/h3-8,11-14,20-21H,9-10,15-17H2,1-2H3,(H,28,30). The topological polar surface area (TPSA) is 90.4 Å². The minimum Gasteiger partial charge on any atom is -0.469 e. The van der Waals surface area contributed by atoms with Gasteiger partial charge in [-0.1, -0.05) is 73.5 Å². The van der Waals surface area contributed by atoms with Gasteiger partial charge >= 0.3 is 11.9 Å². The van der Waals surface area contributed by atoms with Gasteiger partial charge in [-0.25, -0.2) is 4.79 Å². The Morgan fingerprint density at radius 1 is 0.882 bits per heavy atom. The molecule has 1 N–H and O–H groups in total. The SMILES string of the molecule is COC(=O)c1c(NCC2CCCCC2C(=O)OC)nnc(-c2ccccc2)c1-c1ccccc1. The van der Waals surface area contributed by atoms with Crippen LogP contribution in [0.2, 0.25) is 0 Å². The summed E-state index contributed by atoms with van der Waals surface area (Å²) >= 11 is 0. The largest absolute Gasteiger partial charge is 0.469 e. The Hall–Kier alpha value is -3.74. The average molecular weight is 460 g/mol. The van der Waals surface area contributed by atoms with E-state index < -0.39 is 5.97 Å². The van der Waals surface area contributed by atoms with Gasteiger partial charge in [-0.3, -0.25) is 4.79 Å². The fourth-order valence-electron chi connectivity index (χ4n) is 4.69. The molecule has 1 aliphatic carbocycles. The predicted molar refractivity (Wildman–Crippen MR) is 130 cm³/mol. The van der Waals surface area contributed by atoms with Gasteiger partial charge in [-0.05, 0) is 24.3 Å². The maximum Gasteiger partial charge on any atom is 0.342 e. The van der Waals surface area contributed by atoms with Gasteiger partial charge < -0.3 is 14.8 Å². The number of esters is 2. The van der Waals surface area contributed by atoms with Crippen molar-refractivity contribution in [2.45, 2.75) is 25.7 Å². The molecule has 2 unspecified atom stereocenters. The van der Waals surface area contributed by atoms with Gasteiger partial charge in [0.1, 0.15) is 11.3 Å². The monoisotopic (exact) mass is 459 g/mol. The van der Waals surface area contributed by atoms with E-state index in [0.29, 0.717) is 29.2 Å². The molecule has 1 heterocycles. The molecule has 2 atom stereocenters. The Labute approximate surface area is 199 Å². The van der Waals surface area contributed by atoms with Crippen molar-refractivity contribution in [3.63, 3.8) is 0 Å². The predicted octanol–water partition coefficient (Wildman–Crippen LogP) is 4.99. The van der Waals surface area contributed by atoms with E-state index >= 15 is 0 Å². The minimum atomic E-state index is -0.499. The summed E-state index contributed by atoms with van der Waals surface area (Å²) in [4.78, 5) is 25.4. The zero-order valence-electron chi connectivity index (χ0n) is 19.5. The zero-order chi connectivity index (χ0) is 23.9. The summed E-state index contributed by atoms with van der Waals surface area (Å²) in [6.45, 7) is 0.483. The second-order valence-corrected chi connectivity index (χ2v) is 8.43. The fraction of sp³-hybridized carbons (Fsp3) is 0.333. The number of benzene rings is 2. The Morgan fingerprint density at radius 3 is 2.18 bits per heavy atom. The highest BCUT2D eigenvalue weighted by molar-refractivity contribution is 6.05. The number of carbonyl (C=O) groups is 2. The van der Waals surface area contributed by atoms with E-state index in [4.69, 9.17) is 9.47 Å². The number of hydrogen-bond acceptors (Lipinski definition) is 7. The molecule has 2 aromatic carbocycles. The van der Waals surface area contributed by atoms with E-state index in [0.717, 1.165) is 36.8 Å². The maximum absolute atomic E-state index is 13.1. The number of carbonyl (C=O) groups excluding carboxylic acids is 2. The summed E-state index contributed by atoms with van der Waals surface area (Å²) in [7, 11) is 2.79. The lowest BCUT2D eigenvalue weighted by atomic mass is 9.79. The molecule has 1 fully saturated rings. The van der Waals surface area contributed by atoms with E-state index in [9.17, 15) is 9.59 Å². The van der Waals surface area contributed by atoms with Crippen LogP contribution in [-0.4, -0.2) is 42.9 Å². The van der Waals surface area contributed by atoms with Crippen molar-refractivity contribution in [3.8, 4) is 22.4 Å². The number of hydrogen-bond donors (Lipinski definition) is 1. The lowest BCUT2D eigenvalue weighted by molar-refractivity contribution is -0.148. The molecule has 3 aromatic rings. The molecule has 0 saturated heterocycles. The van der Waals surface area contributed by atoms with E-state index in [1.54, 1.807) is 0 Å². The number of anilines is 1. The van der Waals surface area contributed by atoms with E-state index in [1.165, 1.54) is 14.2 Å². The third-order valence-electron chi connectivity index (χ3n) is 6.42. The van der Waals surface area contributed by atoms with Crippen LogP contribution in [0.1, 0.15) is 36.0 Å². The second kappa shape index (κ2) is 10.9. The average Bonchev–Trinajstić information content (AvgIpc) is 2.91. The minimum absolute atomic E-state index is 0.0856. The molecule has 1 saturated carbocycles. The number of nitrogens with one attached hydrogen (secondary N) is 1. The molecule has 0 aliphatic heterocycles. The van der Waals surface area contributed by atoms with Crippen molar-refractivity contribution < 1.29 is 19.1 Å². The molecule has 1 aliphatic rings. The summed E-state index contributed by atoms with van der Waals surface area (Å²) in [5, 5.41) is 12.2. The summed E-state index contributed by atoms with van der Waals surface area (Å²) in [5.74, 6) is -0.420. The van der Waals surface area contributed by atoms with Gasteiger partial charge in [0.05, 0.1) is 20.1 Å². The highest BCUT2D eigenvalue weighted by Crippen LogP contribution is 2.37. The number of aromatic nitrogens is 2. The number of nitrogens with zero attached hydrogens (tertiary/aromatic N) is 2. The molecule has 0 amide bonds. The van der Waals surface area contributed by atoms with Gasteiger partial charge in [0.25, 0.3) is 0 Å². The van der Waals surface area contributed by atoms with E-state index in [1.807, 2.05) is 60.7 Å². The smallest absolute Gasteiger partial charge is 0.342 e. The Kier molecular flexibility index (Phi) is 7.52. The molecule has 0 bridgehead atoms. The number of methoxy groups -OCH3 is 2. The Morgan fingerprint density at radius 2 is 1.53 bits per heavy atom. The third kappa shape index (κ3) is 4.93. The van der Waals surface area contributed by atoms with Gasteiger partial charge in [0.2, 0.25) is 0 Å². The van der Waals surface area contributed by atoms with Crippen LogP contribution in [0, 0.1) is 11.8 Å². The molecule has 0 spiro atoms. The first-order chi connectivity index (χ1) is 16.6. The molecule has 0 radical (unpaired) electrons. The summed E-state index contributed by atoms with van der Waals surface area (Å²) in [6.07, 6.45) is 3.77. The van der Waals surface area contributed by atoms with E-state index in [2.05, 4.69) is 15.5 Å². The maximum atomic E-state index is 13.1. The van der Waals surface area contributed by atoms with Crippen molar-refractivity contribution in [3.05, 3.63) is 66.2 Å². The first-order valence-corrected chi connectivity index (χ1v) is 11.6. The molecular formula is C27H29N3O4. The normalized spacial score (nSPS) is 17.6. The fourth-order valence-corrected chi connectivity index (χ4v) is 4.69. The van der Waals surface area contributed by atoms with Crippen molar-refractivity contribution in [2.75, 3.05) is 26.1 Å². The Balaban J connectivity index is 1.77. The van der Waals surface area contributed by atoms with Crippen molar-refractivity contribution in [2.24, 2.45) is 11.8 Å². The van der Waals surface area contributed by atoms with Crippen LogP contribution < -0.4 is 5.32 Å². The molecule has 34 heavy (non-hydrogen) atoms. The summed E-state index contributed by atoms with van der Waals surface area (Å²) < 4.78 is 10.2. The first kappa shape index (κ1) is 23.4. The van der Waals surface area contributed by atoms with Crippen molar-refractivity contribution >= 4 is 17.8 Å². The molecule has 7 nitrogen and oxygen atoms in total. The summed E-state index contributed by atoms with van der Waals surface area (Å²) in [6, 6.07) is 19.3.